The lowest BCUT2D eigenvalue weighted by Crippen LogP contribution is -2.54. The highest BCUT2D eigenvalue weighted by atomic mass is 19.3. The van der Waals surface area contributed by atoms with E-state index in [1.807, 2.05) is 0 Å². The van der Waals surface area contributed by atoms with Gasteiger partial charge in [-0.2, -0.15) is 0 Å². The lowest BCUT2D eigenvalue weighted by atomic mass is 9.91. The molecule has 1 rings (SSSR count). The van der Waals surface area contributed by atoms with Crippen LogP contribution in [0.5, 0.6) is 0 Å². The summed E-state index contributed by atoms with van der Waals surface area (Å²) in [5.74, 6) is -3.46. The molecule has 0 bridgehead atoms. The maximum absolute atomic E-state index is 13.4. The molecule has 5 heteroatoms. The molecule has 1 aliphatic heterocycles. The largest absolute Gasteiger partial charge is 0.378 e. The predicted molar refractivity (Wildman–Crippen MR) is 37.9 cm³/mol. The Bertz CT molecular complexity index is 157. The van der Waals surface area contributed by atoms with Gasteiger partial charge in [-0.15, -0.1) is 0 Å². The Morgan fingerprint density at radius 1 is 1.50 bits per heavy atom. The van der Waals surface area contributed by atoms with Crippen LogP contribution in [0.25, 0.3) is 0 Å². The fraction of sp³-hybridized carbons (Fsp3) is 1.00. The zero-order valence-corrected chi connectivity index (χ0v) is 6.66. The van der Waals surface area contributed by atoms with Crippen LogP contribution < -0.4 is 5.73 Å². The van der Waals surface area contributed by atoms with Gasteiger partial charge in [0.2, 0.25) is 0 Å². The standard InChI is InChI=1S/C7H12F3NO/c8-6(7(9,10)4-11)2-1-3-12-5-6/h1-5,11H2. The van der Waals surface area contributed by atoms with Gasteiger partial charge in [-0.25, -0.2) is 13.2 Å². The van der Waals surface area contributed by atoms with Crippen LogP contribution in [-0.4, -0.2) is 31.3 Å². The maximum Gasteiger partial charge on any atom is 0.295 e. The molecule has 1 fully saturated rings. The molecule has 2 nitrogen and oxygen atoms in total. The molecule has 0 spiro atoms. The number of rotatable bonds is 2. The molecule has 0 aromatic carbocycles. The number of hydrogen-bond donors (Lipinski definition) is 1. The molecular formula is C7H12F3NO. The van der Waals surface area contributed by atoms with Crippen molar-refractivity contribution >= 4 is 0 Å². The Labute approximate surface area is 68.9 Å². The van der Waals surface area contributed by atoms with Crippen molar-refractivity contribution in [2.24, 2.45) is 5.73 Å². The normalized spacial score (nSPS) is 32.0. The molecule has 0 aromatic heterocycles. The Hall–Kier alpha value is -0.290. The molecule has 0 aromatic rings. The summed E-state index contributed by atoms with van der Waals surface area (Å²) in [5, 5.41) is 0. The molecule has 1 atom stereocenters. The summed E-state index contributed by atoms with van der Waals surface area (Å²) in [6, 6.07) is 0. The van der Waals surface area contributed by atoms with E-state index in [9.17, 15) is 13.2 Å². The van der Waals surface area contributed by atoms with Crippen molar-refractivity contribution in [3.8, 4) is 0 Å². The Morgan fingerprint density at radius 3 is 2.58 bits per heavy atom. The van der Waals surface area contributed by atoms with Crippen molar-refractivity contribution in [2.45, 2.75) is 24.4 Å². The van der Waals surface area contributed by atoms with Gasteiger partial charge in [0.1, 0.15) is 0 Å². The van der Waals surface area contributed by atoms with Crippen molar-refractivity contribution in [1.82, 2.24) is 0 Å². The highest BCUT2D eigenvalue weighted by Gasteiger charge is 2.54. The zero-order valence-electron chi connectivity index (χ0n) is 6.66. The van der Waals surface area contributed by atoms with Crippen LogP contribution in [-0.2, 0) is 4.74 Å². The average molecular weight is 183 g/mol. The van der Waals surface area contributed by atoms with Gasteiger partial charge in [0.25, 0.3) is 5.92 Å². The Morgan fingerprint density at radius 2 is 2.17 bits per heavy atom. The molecular weight excluding hydrogens is 171 g/mol. The van der Waals surface area contributed by atoms with Crippen molar-refractivity contribution in [1.29, 1.82) is 0 Å². The number of nitrogens with two attached hydrogens (primary N) is 1. The number of ether oxygens (including phenoxy) is 1. The van der Waals surface area contributed by atoms with Crippen molar-refractivity contribution < 1.29 is 17.9 Å². The minimum atomic E-state index is -3.46. The lowest BCUT2D eigenvalue weighted by Gasteiger charge is -2.35. The third-order valence-electron chi connectivity index (χ3n) is 2.10. The number of alkyl halides is 3. The molecule has 0 saturated carbocycles. The van der Waals surface area contributed by atoms with Crippen molar-refractivity contribution in [3.05, 3.63) is 0 Å². The highest BCUT2D eigenvalue weighted by Crippen LogP contribution is 2.37. The van der Waals surface area contributed by atoms with Crippen LogP contribution in [0.3, 0.4) is 0 Å². The fourth-order valence-electron chi connectivity index (χ4n) is 1.23. The van der Waals surface area contributed by atoms with Gasteiger partial charge in [0.15, 0.2) is 5.67 Å². The topological polar surface area (TPSA) is 35.2 Å². The van der Waals surface area contributed by atoms with Crippen LogP contribution in [0, 0.1) is 0 Å². The first-order valence-corrected chi connectivity index (χ1v) is 3.86. The minimum Gasteiger partial charge on any atom is -0.378 e. The molecule has 0 aliphatic carbocycles. The van der Waals surface area contributed by atoms with Crippen LogP contribution in [0.4, 0.5) is 13.2 Å². The fourth-order valence-corrected chi connectivity index (χ4v) is 1.23. The molecule has 1 saturated heterocycles. The van der Waals surface area contributed by atoms with Crippen molar-refractivity contribution in [2.75, 3.05) is 19.8 Å². The van der Waals surface area contributed by atoms with E-state index in [0.717, 1.165) is 0 Å². The van der Waals surface area contributed by atoms with Gasteiger partial charge >= 0.3 is 0 Å². The predicted octanol–water partition coefficient (Wildman–Crippen LogP) is 1.10. The van der Waals surface area contributed by atoms with E-state index in [-0.39, 0.29) is 6.42 Å². The summed E-state index contributed by atoms with van der Waals surface area (Å²) in [4.78, 5) is 0. The van der Waals surface area contributed by atoms with E-state index in [2.05, 4.69) is 4.74 Å². The van der Waals surface area contributed by atoms with E-state index in [1.54, 1.807) is 0 Å². The monoisotopic (exact) mass is 183 g/mol. The minimum absolute atomic E-state index is 0.169. The molecule has 72 valence electrons. The van der Waals surface area contributed by atoms with Gasteiger partial charge in [-0.1, -0.05) is 0 Å². The molecule has 12 heavy (non-hydrogen) atoms. The van der Waals surface area contributed by atoms with E-state index in [4.69, 9.17) is 5.73 Å². The summed E-state index contributed by atoms with van der Waals surface area (Å²) in [5.41, 5.74) is 2.22. The third kappa shape index (κ3) is 1.56. The van der Waals surface area contributed by atoms with E-state index in [0.29, 0.717) is 13.0 Å². The van der Waals surface area contributed by atoms with Gasteiger partial charge in [0.05, 0.1) is 13.2 Å². The van der Waals surface area contributed by atoms with E-state index >= 15 is 0 Å². The Balaban J connectivity index is 2.68. The molecule has 1 aliphatic rings. The molecule has 0 radical (unpaired) electrons. The van der Waals surface area contributed by atoms with Gasteiger partial charge in [-0.3, -0.25) is 0 Å². The zero-order chi connectivity index (χ0) is 9.24. The second kappa shape index (κ2) is 3.22. The summed E-state index contributed by atoms with van der Waals surface area (Å²) in [7, 11) is 0. The smallest absolute Gasteiger partial charge is 0.295 e. The SMILES string of the molecule is NCC(F)(F)C1(F)CCCOC1. The highest BCUT2D eigenvalue weighted by molar-refractivity contribution is 4.95. The first-order valence-electron chi connectivity index (χ1n) is 3.86. The number of halogens is 3. The van der Waals surface area contributed by atoms with Gasteiger partial charge in [0, 0.05) is 6.61 Å². The lowest BCUT2D eigenvalue weighted by molar-refractivity contribution is -0.179. The van der Waals surface area contributed by atoms with Crippen LogP contribution in [0.1, 0.15) is 12.8 Å². The first-order chi connectivity index (χ1) is 5.52. The van der Waals surface area contributed by atoms with E-state index in [1.165, 1.54) is 0 Å². The summed E-state index contributed by atoms with van der Waals surface area (Å²) >= 11 is 0. The quantitative estimate of drug-likeness (QED) is 0.695. The molecule has 1 heterocycles. The third-order valence-corrected chi connectivity index (χ3v) is 2.10. The second-order valence-corrected chi connectivity index (χ2v) is 3.03. The number of hydrogen-bond acceptors (Lipinski definition) is 2. The molecule has 0 amide bonds. The van der Waals surface area contributed by atoms with Crippen LogP contribution >= 0.6 is 0 Å². The summed E-state index contributed by atoms with van der Waals surface area (Å²) < 4.78 is 43.7. The van der Waals surface area contributed by atoms with E-state index < -0.39 is 24.7 Å². The summed E-state index contributed by atoms with van der Waals surface area (Å²) in [6.07, 6.45) is 0.156. The average Bonchev–Trinajstić information content (AvgIpc) is 2.06. The maximum atomic E-state index is 13.4. The van der Waals surface area contributed by atoms with Crippen LogP contribution in [0.2, 0.25) is 0 Å². The van der Waals surface area contributed by atoms with Crippen LogP contribution in [0.15, 0.2) is 0 Å². The molecule has 1 unspecified atom stereocenters. The Kier molecular flexibility index (Phi) is 2.63. The van der Waals surface area contributed by atoms with Gasteiger partial charge in [-0.05, 0) is 12.8 Å². The molecule has 2 N–H and O–H groups in total. The summed E-state index contributed by atoms with van der Waals surface area (Å²) in [6.45, 7) is -1.16. The first kappa shape index (κ1) is 9.80. The van der Waals surface area contributed by atoms with Crippen molar-refractivity contribution in [3.63, 3.8) is 0 Å². The second-order valence-electron chi connectivity index (χ2n) is 3.03. The van der Waals surface area contributed by atoms with Gasteiger partial charge < -0.3 is 10.5 Å².